The number of anilines is 2. The Balaban J connectivity index is 1.85. The highest BCUT2D eigenvalue weighted by Crippen LogP contribution is 2.20. The Kier molecular flexibility index (Phi) is 11.5. The predicted octanol–water partition coefficient (Wildman–Crippen LogP) is 4.03. The van der Waals surface area contributed by atoms with E-state index in [9.17, 15) is 29.7 Å². The van der Waals surface area contributed by atoms with Gasteiger partial charge in [0.15, 0.2) is 11.6 Å². The number of nitriles is 2. The Hall–Kier alpha value is -5.82. The molecule has 6 N–H and O–H groups in total. The first-order valence-corrected chi connectivity index (χ1v) is 13.6. The van der Waals surface area contributed by atoms with E-state index in [1.165, 1.54) is 48.5 Å². The number of hydrogen-bond donors (Lipinski definition) is 4. The van der Waals surface area contributed by atoms with Crippen LogP contribution in [0.2, 0.25) is 0 Å². The first-order chi connectivity index (χ1) is 21.0. The van der Waals surface area contributed by atoms with Gasteiger partial charge in [-0.15, -0.1) is 0 Å². The number of rotatable bonds is 12. The number of carbonyl (C=O) groups excluding carboxylic acids is 4. The highest BCUT2D eigenvalue weighted by molar-refractivity contribution is 7.80. The Morgan fingerprint density at radius 3 is 1.20 bits per heavy atom. The minimum Gasteiger partial charge on any atom is -0.392 e. The van der Waals surface area contributed by atoms with E-state index in [0.717, 1.165) is 12.2 Å². The minimum atomic E-state index is -1.16. The molecule has 0 aliphatic heterocycles. The maximum absolute atomic E-state index is 13.2. The van der Waals surface area contributed by atoms with Crippen molar-refractivity contribution in [1.29, 1.82) is 10.5 Å². The SMILES string of the molecule is N#CC(/C=C(/C(=O)Nc1ccc(NC(=O)/C(=C/C(C#N)C(N)=S)C(=O)c2ccccc2)cc1)C(=O)c1ccccc1)C(N)=S. The van der Waals surface area contributed by atoms with E-state index in [1.54, 1.807) is 36.4 Å². The molecule has 0 aliphatic rings. The Bertz CT molecular complexity index is 1630. The number of Topliss-reactive ketones (excluding diaryl/α,β-unsaturated/α-hetero) is 2. The summed E-state index contributed by atoms with van der Waals surface area (Å²) < 4.78 is 0. The summed E-state index contributed by atoms with van der Waals surface area (Å²) in [6.07, 6.45) is 2.22. The fourth-order valence-corrected chi connectivity index (χ4v) is 3.97. The molecule has 218 valence electrons. The van der Waals surface area contributed by atoms with Crippen LogP contribution in [-0.4, -0.2) is 33.4 Å². The number of nitrogens with zero attached hydrogens (tertiary/aromatic N) is 2. The third-order valence-electron chi connectivity index (χ3n) is 6.01. The average molecular weight is 621 g/mol. The van der Waals surface area contributed by atoms with Crippen molar-refractivity contribution < 1.29 is 19.2 Å². The third kappa shape index (κ3) is 8.59. The fourth-order valence-electron chi connectivity index (χ4n) is 3.73. The molecule has 12 heteroatoms. The summed E-state index contributed by atoms with van der Waals surface area (Å²) in [4.78, 5) is 52.3. The number of nitrogens with one attached hydrogen (secondary N) is 2. The van der Waals surface area contributed by atoms with E-state index in [-0.39, 0.29) is 43.6 Å². The van der Waals surface area contributed by atoms with E-state index in [1.807, 2.05) is 12.1 Å². The van der Waals surface area contributed by atoms with Crippen LogP contribution in [-0.2, 0) is 9.59 Å². The summed E-state index contributed by atoms with van der Waals surface area (Å²) in [7, 11) is 0. The van der Waals surface area contributed by atoms with Gasteiger partial charge in [0.2, 0.25) is 0 Å². The lowest BCUT2D eigenvalue weighted by atomic mass is 9.98. The number of carbonyl (C=O) groups is 4. The highest BCUT2D eigenvalue weighted by Gasteiger charge is 2.24. The van der Waals surface area contributed by atoms with Gasteiger partial charge < -0.3 is 22.1 Å². The number of ketones is 2. The number of amides is 2. The van der Waals surface area contributed by atoms with Gasteiger partial charge in [0, 0.05) is 22.5 Å². The van der Waals surface area contributed by atoms with Gasteiger partial charge in [-0.05, 0) is 36.4 Å². The summed E-state index contributed by atoms with van der Waals surface area (Å²) in [5.41, 5.74) is 11.4. The second-order valence-corrected chi connectivity index (χ2v) is 10.00. The van der Waals surface area contributed by atoms with Gasteiger partial charge in [-0.25, -0.2) is 0 Å². The van der Waals surface area contributed by atoms with Crippen molar-refractivity contribution in [3.8, 4) is 12.1 Å². The van der Waals surface area contributed by atoms with Crippen molar-refractivity contribution in [3.63, 3.8) is 0 Å². The molecule has 0 saturated carbocycles. The largest absolute Gasteiger partial charge is 0.392 e. The zero-order chi connectivity index (χ0) is 32.2. The molecule has 2 atom stereocenters. The lowest BCUT2D eigenvalue weighted by Crippen LogP contribution is -2.25. The Morgan fingerprint density at radius 2 is 0.932 bits per heavy atom. The quantitative estimate of drug-likeness (QED) is 0.0755. The molecule has 0 fully saturated rings. The first kappa shape index (κ1) is 32.7. The predicted molar refractivity (Wildman–Crippen MR) is 173 cm³/mol. The van der Waals surface area contributed by atoms with Gasteiger partial charge in [0.1, 0.15) is 11.8 Å². The van der Waals surface area contributed by atoms with Gasteiger partial charge in [-0.1, -0.05) is 85.1 Å². The average Bonchev–Trinajstić information content (AvgIpc) is 3.02. The molecule has 0 radical (unpaired) electrons. The molecule has 3 aromatic carbocycles. The van der Waals surface area contributed by atoms with Gasteiger partial charge >= 0.3 is 0 Å². The summed E-state index contributed by atoms with van der Waals surface area (Å²) in [5.74, 6) is -5.23. The molecular formula is C32H24N6O4S2. The van der Waals surface area contributed by atoms with Gasteiger partial charge in [-0.2, -0.15) is 10.5 Å². The third-order valence-corrected chi connectivity index (χ3v) is 6.52. The zero-order valence-electron chi connectivity index (χ0n) is 22.9. The van der Waals surface area contributed by atoms with Crippen molar-refractivity contribution >= 4 is 69.2 Å². The van der Waals surface area contributed by atoms with E-state index >= 15 is 0 Å². The van der Waals surface area contributed by atoms with Crippen LogP contribution >= 0.6 is 24.4 Å². The van der Waals surface area contributed by atoms with Crippen LogP contribution in [0.5, 0.6) is 0 Å². The molecule has 0 heterocycles. The second-order valence-electron chi connectivity index (χ2n) is 9.05. The van der Waals surface area contributed by atoms with E-state index < -0.39 is 35.2 Å². The fraction of sp³-hybridized carbons (Fsp3) is 0.0625. The number of hydrogen-bond acceptors (Lipinski definition) is 8. The molecule has 2 amide bonds. The van der Waals surface area contributed by atoms with Gasteiger partial charge in [0.05, 0.1) is 33.3 Å². The lowest BCUT2D eigenvalue weighted by molar-refractivity contribution is -0.113. The molecule has 2 unspecified atom stereocenters. The van der Waals surface area contributed by atoms with E-state index in [2.05, 4.69) is 10.6 Å². The summed E-state index contributed by atoms with van der Waals surface area (Å²) >= 11 is 9.77. The smallest absolute Gasteiger partial charge is 0.259 e. The molecule has 0 aliphatic carbocycles. The summed E-state index contributed by atoms with van der Waals surface area (Å²) in [5, 5.41) is 24.0. The topological polar surface area (TPSA) is 192 Å². The molecular weight excluding hydrogens is 597 g/mol. The number of nitrogens with two attached hydrogens (primary N) is 2. The standard InChI is InChI=1S/C32H24N6O4S2/c33-17-21(29(35)43)15-25(27(39)19-7-3-1-4-8-19)31(41)37-23-11-13-24(14-12-23)38-32(42)26(16-22(18-34)30(36)44)28(40)20-9-5-2-6-10-20/h1-16,21-22H,(H2,35,43)(H2,36,44)(H,37,41)(H,38,42)/b25-15+,26-16+. The normalized spacial score (nSPS) is 12.4. The Morgan fingerprint density at radius 1 is 0.614 bits per heavy atom. The summed E-state index contributed by atoms with van der Waals surface area (Å²) in [6.45, 7) is 0. The maximum Gasteiger partial charge on any atom is 0.259 e. The van der Waals surface area contributed by atoms with Crippen LogP contribution in [0.1, 0.15) is 20.7 Å². The molecule has 3 aromatic rings. The Labute approximate surface area is 263 Å². The van der Waals surface area contributed by atoms with Crippen LogP contribution in [0.3, 0.4) is 0 Å². The summed E-state index contributed by atoms with van der Waals surface area (Å²) in [6, 6.07) is 25.5. The molecule has 0 aromatic heterocycles. The van der Waals surface area contributed by atoms with E-state index in [0.29, 0.717) is 0 Å². The van der Waals surface area contributed by atoms with Crippen molar-refractivity contribution in [2.75, 3.05) is 10.6 Å². The van der Waals surface area contributed by atoms with Crippen LogP contribution in [0.15, 0.2) is 108 Å². The molecule has 3 rings (SSSR count). The molecule has 10 nitrogen and oxygen atoms in total. The van der Waals surface area contributed by atoms with Crippen LogP contribution in [0.4, 0.5) is 11.4 Å². The maximum atomic E-state index is 13.2. The first-order valence-electron chi connectivity index (χ1n) is 12.8. The van der Waals surface area contributed by atoms with Crippen molar-refractivity contribution in [2.24, 2.45) is 23.3 Å². The highest BCUT2D eigenvalue weighted by atomic mass is 32.1. The van der Waals surface area contributed by atoms with E-state index in [4.69, 9.17) is 35.9 Å². The number of thiocarbonyl (C=S) groups is 2. The van der Waals surface area contributed by atoms with Crippen LogP contribution in [0, 0.1) is 34.5 Å². The zero-order valence-corrected chi connectivity index (χ0v) is 24.5. The van der Waals surface area contributed by atoms with Crippen molar-refractivity contribution in [1.82, 2.24) is 0 Å². The molecule has 44 heavy (non-hydrogen) atoms. The molecule has 0 bridgehead atoms. The van der Waals surface area contributed by atoms with Crippen molar-refractivity contribution in [3.05, 3.63) is 119 Å². The second kappa shape index (κ2) is 15.4. The van der Waals surface area contributed by atoms with Crippen LogP contribution in [0.25, 0.3) is 0 Å². The van der Waals surface area contributed by atoms with Gasteiger partial charge in [-0.3, -0.25) is 19.2 Å². The molecule has 0 spiro atoms. The minimum absolute atomic E-state index is 0.202. The van der Waals surface area contributed by atoms with Crippen LogP contribution < -0.4 is 22.1 Å². The van der Waals surface area contributed by atoms with Gasteiger partial charge in [0.25, 0.3) is 11.8 Å². The monoisotopic (exact) mass is 620 g/mol. The number of benzene rings is 3. The van der Waals surface area contributed by atoms with Crippen molar-refractivity contribution in [2.45, 2.75) is 0 Å². The molecule has 0 saturated heterocycles. The lowest BCUT2D eigenvalue weighted by Gasteiger charge is -2.12.